The van der Waals surface area contributed by atoms with Gasteiger partial charge in [0.25, 0.3) is 0 Å². The molecule has 7 heteroatoms. The summed E-state index contributed by atoms with van der Waals surface area (Å²) in [6, 6.07) is 5.33. The zero-order valence-corrected chi connectivity index (χ0v) is 20.6. The zero-order valence-electron chi connectivity index (χ0n) is 20.6. The van der Waals surface area contributed by atoms with Gasteiger partial charge in [-0.2, -0.15) is 13.2 Å². The highest BCUT2D eigenvalue weighted by Crippen LogP contribution is 2.46. The van der Waals surface area contributed by atoms with Crippen LogP contribution in [-0.4, -0.2) is 0 Å². The predicted octanol–water partition coefficient (Wildman–Crippen LogP) is 9.99. The van der Waals surface area contributed by atoms with Gasteiger partial charge in [-0.05, 0) is 80.4 Å². The van der Waals surface area contributed by atoms with Crippen LogP contribution in [0.15, 0.2) is 24.3 Å². The lowest BCUT2D eigenvalue weighted by atomic mass is 9.68. The molecule has 4 rings (SSSR count). The molecule has 0 atom stereocenters. The minimum absolute atomic E-state index is 0.0714. The zero-order chi connectivity index (χ0) is 25.9. The lowest BCUT2D eigenvalue weighted by Crippen LogP contribution is -2.26. The summed E-state index contributed by atoms with van der Waals surface area (Å²) in [4.78, 5) is 0. The molecule has 36 heavy (non-hydrogen) atoms. The molecule has 0 bridgehead atoms. The molecule has 0 spiro atoms. The van der Waals surface area contributed by atoms with Crippen LogP contribution < -0.4 is 4.74 Å². The number of ether oxygens (including phenoxy) is 1. The number of hydrogen-bond donors (Lipinski definition) is 0. The number of benzene rings is 2. The number of rotatable bonds is 7. The minimum Gasteiger partial charge on any atom is -0.454 e. The monoisotopic (exact) mass is 511 g/mol. The van der Waals surface area contributed by atoms with Crippen LogP contribution in [0.5, 0.6) is 11.5 Å². The quantitative estimate of drug-likeness (QED) is 0.336. The van der Waals surface area contributed by atoms with E-state index < -0.39 is 34.9 Å². The van der Waals surface area contributed by atoms with Gasteiger partial charge >= 0.3 is 6.18 Å². The second kappa shape index (κ2) is 11.5. The summed E-state index contributed by atoms with van der Waals surface area (Å²) in [5.74, 6) is -2.10. The Labute approximate surface area is 209 Å². The van der Waals surface area contributed by atoms with Crippen molar-refractivity contribution in [2.24, 2.45) is 17.8 Å². The van der Waals surface area contributed by atoms with Crippen LogP contribution in [0.3, 0.4) is 0 Å². The van der Waals surface area contributed by atoms with Gasteiger partial charge in [0, 0.05) is 17.7 Å². The van der Waals surface area contributed by atoms with Crippen molar-refractivity contribution in [1.82, 2.24) is 0 Å². The average Bonchev–Trinajstić information content (AvgIpc) is 2.85. The second-order valence-corrected chi connectivity index (χ2v) is 10.5. The van der Waals surface area contributed by atoms with E-state index in [4.69, 9.17) is 4.74 Å². The molecule has 2 saturated carbocycles. The maximum absolute atomic E-state index is 15.3. The Morgan fingerprint density at radius 1 is 0.889 bits per heavy atom. The van der Waals surface area contributed by atoms with Crippen molar-refractivity contribution in [3.05, 3.63) is 58.9 Å². The fourth-order valence-electron chi connectivity index (χ4n) is 6.17. The van der Waals surface area contributed by atoms with E-state index in [0.29, 0.717) is 36.8 Å². The third kappa shape index (κ3) is 6.20. The summed E-state index contributed by atoms with van der Waals surface area (Å²) in [5.41, 5.74) is -1.51. The Balaban J connectivity index is 1.40. The Hall–Kier alpha value is -2.18. The number of halogens is 6. The molecule has 1 nitrogen and oxygen atoms in total. The first-order valence-electron chi connectivity index (χ1n) is 13.1. The van der Waals surface area contributed by atoms with Gasteiger partial charge in [0.1, 0.15) is 17.4 Å². The van der Waals surface area contributed by atoms with E-state index in [9.17, 15) is 22.0 Å². The van der Waals surface area contributed by atoms with Gasteiger partial charge in [-0.3, -0.25) is 0 Å². The highest BCUT2D eigenvalue weighted by atomic mass is 19.4. The van der Waals surface area contributed by atoms with Crippen molar-refractivity contribution in [3.8, 4) is 11.5 Å². The van der Waals surface area contributed by atoms with Gasteiger partial charge < -0.3 is 4.74 Å². The van der Waals surface area contributed by atoms with Crippen molar-refractivity contribution in [2.75, 3.05) is 0 Å². The molecule has 2 aliphatic carbocycles. The first-order valence-corrected chi connectivity index (χ1v) is 13.1. The highest BCUT2D eigenvalue weighted by molar-refractivity contribution is 5.39. The summed E-state index contributed by atoms with van der Waals surface area (Å²) in [6.45, 7) is 2.23. The Morgan fingerprint density at radius 2 is 1.53 bits per heavy atom. The Kier molecular flexibility index (Phi) is 8.56. The molecule has 197 valence electrons. The third-order valence-electron chi connectivity index (χ3n) is 8.19. The topological polar surface area (TPSA) is 9.23 Å². The molecular formula is C29H33F6O. The van der Waals surface area contributed by atoms with Crippen LogP contribution in [0.2, 0.25) is 0 Å². The Bertz CT molecular complexity index is 1020. The largest absolute Gasteiger partial charge is 0.454 e. The van der Waals surface area contributed by atoms with E-state index in [1.807, 2.05) is 0 Å². The van der Waals surface area contributed by atoms with E-state index in [-0.39, 0.29) is 17.2 Å². The molecule has 0 aromatic heterocycles. The Morgan fingerprint density at radius 3 is 2.11 bits per heavy atom. The van der Waals surface area contributed by atoms with Crippen LogP contribution in [0.4, 0.5) is 26.3 Å². The van der Waals surface area contributed by atoms with Crippen molar-refractivity contribution < 1.29 is 31.1 Å². The van der Waals surface area contributed by atoms with Crippen LogP contribution in [0.1, 0.15) is 94.6 Å². The van der Waals surface area contributed by atoms with Gasteiger partial charge in [0.05, 0.1) is 5.56 Å². The molecule has 1 radical (unpaired) electrons. The molecule has 2 aliphatic rings. The van der Waals surface area contributed by atoms with Crippen molar-refractivity contribution in [1.29, 1.82) is 0 Å². The van der Waals surface area contributed by atoms with E-state index in [1.54, 1.807) is 0 Å². The van der Waals surface area contributed by atoms with Crippen LogP contribution in [0, 0.1) is 41.3 Å². The normalized spacial score (nSPS) is 25.1. The maximum Gasteiger partial charge on any atom is 0.419 e. The van der Waals surface area contributed by atoms with E-state index in [2.05, 4.69) is 13.0 Å². The minimum atomic E-state index is -4.85. The van der Waals surface area contributed by atoms with E-state index in [1.165, 1.54) is 44.9 Å². The van der Waals surface area contributed by atoms with Crippen LogP contribution in [0.25, 0.3) is 0 Å². The highest BCUT2D eigenvalue weighted by Gasteiger charge is 2.35. The predicted molar refractivity (Wildman–Crippen MR) is 126 cm³/mol. The summed E-state index contributed by atoms with van der Waals surface area (Å²) in [6.07, 6.45) is 7.26. The van der Waals surface area contributed by atoms with Crippen molar-refractivity contribution >= 4 is 0 Å². The standard InChI is InChI=1S/C29H33F6O/c1-2-3-4-18-5-7-19(8-6-18)20-9-11-21(12-10-20)27-24(30)15-16-26(28(27)32)36-22-13-14-23(25(31)17-22)29(33,34)35/h13-15,17-21H,2-12H2,1H3/t18-,19-,20?,21?. The van der Waals surface area contributed by atoms with Gasteiger partial charge in [0.15, 0.2) is 11.6 Å². The van der Waals surface area contributed by atoms with Gasteiger partial charge in [-0.25, -0.2) is 13.2 Å². The fourth-order valence-corrected chi connectivity index (χ4v) is 6.17. The maximum atomic E-state index is 15.3. The van der Waals surface area contributed by atoms with Crippen molar-refractivity contribution in [2.45, 2.75) is 89.6 Å². The molecule has 0 aliphatic heterocycles. The molecule has 0 heterocycles. The average molecular weight is 512 g/mol. The number of hydrogen-bond acceptors (Lipinski definition) is 1. The molecule has 0 amide bonds. The molecule has 0 N–H and O–H groups in total. The van der Waals surface area contributed by atoms with Crippen LogP contribution >= 0.6 is 0 Å². The second-order valence-electron chi connectivity index (χ2n) is 10.5. The summed E-state index contributed by atoms with van der Waals surface area (Å²) < 4.78 is 87.5. The van der Waals surface area contributed by atoms with Gasteiger partial charge in [0.2, 0.25) is 0 Å². The molecular weight excluding hydrogens is 478 g/mol. The first kappa shape index (κ1) is 26.9. The lowest BCUT2D eigenvalue weighted by Gasteiger charge is -2.38. The van der Waals surface area contributed by atoms with Crippen LogP contribution in [-0.2, 0) is 6.18 Å². The molecule has 2 aromatic rings. The summed E-state index contributed by atoms with van der Waals surface area (Å²) in [7, 11) is 0. The molecule has 2 fully saturated rings. The number of alkyl halides is 3. The van der Waals surface area contributed by atoms with Gasteiger partial charge in [-0.1, -0.05) is 39.0 Å². The molecule has 2 aromatic carbocycles. The van der Waals surface area contributed by atoms with Crippen molar-refractivity contribution in [3.63, 3.8) is 0 Å². The summed E-state index contributed by atoms with van der Waals surface area (Å²) >= 11 is 0. The van der Waals surface area contributed by atoms with Gasteiger partial charge in [-0.15, -0.1) is 0 Å². The van der Waals surface area contributed by atoms with E-state index >= 15 is 4.39 Å². The molecule has 0 unspecified atom stereocenters. The summed E-state index contributed by atoms with van der Waals surface area (Å²) in [5, 5.41) is 0. The van der Waals surface area contributed by atoms with E-state index in [0.717, 1.165) is 30.9 Å². The molecule has 0 saturated heterocycles. The first-order chi connectivity index (χ1) is 17.2. The third-order valence-corrected chi connectivity index (χ3v) is 8.19. The fraction of sp³-hybridized carbons (Fsp3) is 0.586. The SMILES string of the molecule is CCCC[C@H]1CC[C@H](C2CCC(c3c(F)c[c]c(Oc4ccc(C(F)(F)F)c(F)c4)c3F)CC2)CC1. The smallest absolute Gasteiger partial charge is 0.419 e. The lowest BCUT2D eigenvalue weighted by molar-refractivity contribution is -0.140. The number of unbranched alkanes of at least 4 members (excludes halogenated alkanes) is 1.